The van der Waals surface area contributed by atoms with Crippen LogP contribution in [0.2, 0.25) is 0 Å². The number of nitrogens with zero attached hydrogens (tertiary/aromatic N) is 1. The van der Waals surface area contributed by atoms with E-state index in [0.717, 1.165) is 0 Å². The van der Waals surface area contributed by atoms with E-state index in [1.807, 2.05) is 0 Å². The van der Waals surface area contributed by atoms with Crippen LogP contribution < -0.4 is 15.4 Å². The van der Waals surface area contributed by atoms with Crippen molar-refractivity contribution < 1.29 is 27.5 Å². The summed E-state index contributed by atoms with van der Waals surface area (Å²) in [5.41, 5.74) is 1.08. The van der Waals surface area contributed by atoms with Gasteiger partial charge in [0.05, 0.1) is 18.1 Å². The lowest BCUT2D eigenvalue weighted by molar-refractivity contribution is -0.118. The average molecular weight is 433 g/mol. The number of benzene rings is 2. The highest BCUT2D eigenvalue weighted by Crippen LogP contribution is 2.21. The van der Waals surface area contributed by atoms with Crippen molar-refractivity contribution in [1.29, 1.82) is 0 Å². The summed E-state index contributed by atoms with van der Waals surface area (Å²) in [6.45, 7) is 2.55. The van der Waals surface area contributed by atoms with Gasteiger partial charge in [-0.15, -0.1) is 0 Å². The molecule has 0 unspecified atom stereocenters. The number of hydrogen-bond donors (Lipinski definition) is 2. The summed E-state index contributed by atoms with van der Waals surface area (Å²) in [5, 5.41) is 5.31. The molecule has 0 atom stereocenters. The summed E-state index contributed by atoms with van der Waals surface area (Å²) in [6, 6.07) is 12.7. The summed E-state index contributed by atoms with van der Waals surface area (Å²) in [7, 11) is -3.57. The lowest BCUT2D eigenvalue weighted by Gasteiger charge is -2.26. The van der Waals surface area contributed by atoms with Crippen LogP contribution >= 0.6 is 0 Å². The van der Waals surface area contributed by atoms with Gasteiger partial charge in [0.1, 0.15) is 5.75 Å². The SMILES string of the molecule is CC(=O)Nc1cccc(NC(=O)COc2ccc(S(=O)(=O)N3CCOCC3)cc2)c1. The molecule has 0 radical (unpaired) electrons. The third-order valence-electron chi connectivity index (χ3n) is 4.27. The second-order valence-corrected chi connectivity index (χ2v) is 8.52. The van der Waals surface area contributed by atoms with Gasteiger partial charge in [0.2, 0.25) is 15.9 Å². The van der Waals surface area contributed by atoms with Crippen LogP contribution in [0.15, 0.2) is 53.4 Å². The first kappa shape index (κ1) is 21.8. The molecule has 0 saturated carbocycles. The Kier molecular flexibility index (Phi) is 7.03. The van der Waals surface area contributed by atoms with Crippen LogP contribution in [0.5, 0.6) is 5.75 Å². The zero-order valence-corrected chi connectivity index (χ0v) is 17.3. The van der Waals surface area contributed by atoms with Crippen molar-refractivity contribution in [3.8, 4) is 5.75 Å². The molecule has 30 heavy (non-hydrogen) atoms. The Morgan fingerprint density at radius 1 is 1.03 bits per heavy atom. The van der Waals surface area contributed by atoms with E-state index in [1.165, 1.54) is 35.5 Å². The highest BCUT2D eigenvalue weighted by Gasteiger charge is 2.26. The molecule has 0 bridgehead atoms. The van der Waals surface area contributed by atoms with Gasteiger partial charge in [-0.1, -0.05) is 6.07 Å². The van der Waals surface area contributed by atoms with Gasteiger partial charge in [-0.05, 0) is 42.5 Å². The normalized spacial score (nSPS) is 14.7. The fourth-order valence-corrected chi connectivity index (χ4v) is 4.28. The minimum Gasteiger partial charge on any atom is -0.484 e. The zero-order valence-electron chi connectivity index (χ0n) is 16.5. The van der Waals surface area contributed by atoms with Crippen LogP contribution in [-0.4, -0.2) is 57.4 Å². The topological polar surface area (TPSA) is 114 Å². The van der Waals surface area contributed by atoms with Crippen molar-refractivity contribution in [2.45, 2.75) is 11.8 Å². The van der Waals surface area contributed by atoms with Crippen LogP contribution in [0.4, 0.5) is 11.4 Å². The Balaban J connectivity index is 1.55. The molecule has 3 rings (SSSR count). The van der Waals surface area contributed by atoms with E-state index in [2.05, 4.69) is 10.6 Å². The summed E-state index contributed by atoms with van der Waals surface area (Å²) < 4.78 is 37.2. The maximum absolute atomic E-state index is 12.6. The molecular weight excluding hydrogens is 410 g/mol. The van der Waals surface area contributed by atoms with E-state index in [-0.39, 0.29) is 23.3 Å². The second-order valence-electron chi connectivity index (χ2n) is 6.59. The lowest BCUT2D eigenvalue weighted by Crippen LogP contribution is -2.40. The molecule has 0 spiro atoms. The molecule has 1 aliphatic rings. The first-order chi connectivity index (χ1) is 14.3. The third-order valence-corrected chi connectivity index (χ3v) is 6.18. The molecule has 1 saturated heterocycles. The first-order valence-electron chi connectivity index (χ1n) is 9.33. The molecule has 10 heteroatoms. The zero-order chi connectivity index (χ0) is 21.6. The highest BCUT2D eigenvalue weighted by atomic mass is 32.2. The van der Waals surface area contributed by atoms with E-state index >= 15 is 0 Å². The molecule has 9 nitrogen and oxygen atoms in total. The van der Waals surface area contributed by atoms with Crippen molar-refractivity contribution >= 4 is 33.2 Å². The van der Waals surface area contributed by atoms with Gasteiger partial charge < -0.3 is 20.1 Å². The maximum atomic E-state index is 12.6. The molecule has 2 aromatic rings. The molecule has 0 aliphatic carbocycles. The van der Waals surface area contributed by atoms with Gasteiger partial charge in [0, 0.05) is 31.4 Å². The average Bonchev–Trinajstić information content (AvgIpc) is 2.73. The third kappa shape index (κ3) is 5.78. The van der Waals surface area contributed by atoms with E-state index < -0.39 is 10.0 Å². The van der Waals surface area contributed by atoms with Crippen molar-refractivity contribution in [1.82, 2.24) is 4.31 Å². The van der Waals surface area contributed by atoms with E-state index in [1.54, 1.807) is 24.3 Å². The Hall–Kier alpha value is -2.95. The molecule has 0 aromatic heterocycles. The Morgan fingerprint density at radius 2 is 1.67 bits per heavy atom. The number of morpholine rings is 1. The van der Waals surface area contributed by atoms with Crippen LogP contribution in [0.25, 0.3) is 0 Å². The minimum atomic E-state index is -3.57. The fourth-order valence-electron chi connectivity index (χ4n) is 2.87. The lowest BCUT2D eigenvalue weighted by atomic mass is 10.2. The number of rotatable bonds is 7. The van der Waals surface area contributed by atoms with Crippen molar-refractivity contribution in [3.05, 3.63) is 48.5 Å². The molecule has 1 heterocycles. The van der Waals surface area contributed by atoms with Crippen LogP contribution in [0, 0.1) is 0 Å². The highest BCUT2D eigenvalue weighted by molar-refractivity contribution is 7.89. The predicted molar refractivity (Wildman–Crippen MR) is 111 cm³/mol. The van der Waals surface area contributed by atoms with Crippen LogP contribution in [0.1, 0.15) is 6.92 Å². The molecular formula is C20H23N3O6S. The van der Waals surface area contributed by atoms with Crippen LogP contribution in [-0.2, 0) is 24.3 Å². The molecule has 1 aliphatic heterocycles. The summed E-state index contributed by atoms with van der Waals surface area (Å²) >= 11 is 0. The number of sulfonamides is 1. The quantitative estimate of drug-likeness (QED) is 0.687. The van der Waals surface area contributed by atoms with E-state index in [9.17, 15) is 18.0 Å². The Morgan fingerprint density at radius 3 is 2.30 bits per heavy atom. The van der Waals surface area contributed by atoms with Gasteiger partial charge in [-0.3, -0.25) is 9.59 Å². The number of carbonyl (C=O) groups is 2. The molecule has 2 aromatic carbocycles. The minimum absolute atomic E-state index is 0.163. The van der Waals surface area contributed by atoms with E-state index in [4.69, 9.17) is 9.47 Å². The van der Waals surface area contributed by atoms with Crippen LogP contribution in [0.3, 0.4) is 0 Å². The summed E-state index contributed by atoms with van der Waals surface area (Å²) in [5.74, 6) is -0.223. The van der Waals surface area contributed by atoms with Gasteiger partial charge >= 0.3 is 0 Å². The Bertz CT molecular complexity index is 1000. The summed E-state index contributed by atoms with van der Waals surface area (Å²) in [4.78, 5) is 23.4. The van der Waals surface area contributed by atoms with Gasteiger partial charge in [-0.25, -0.2) is 8.42 Å². The van der Waals surface area contributed by atoms with Crippen molar-refractivity contribution in [2.24, 2.45) is 0 Å². The van der Waals surface area contributed by atoms with E-state index in [0.29, 0.717) is 43.4 Å². The number of carbonyl (C=O) groups excluding carboxylic acids is 2. The molecule has 2 amide bonds. The summed E-state index contributed by atoms with van der Waals surface area (Å²) in [6.07, 6.45) is 0. The van der Waals surface area contributed by atoms with Gasteiger partial charge in [0.15, 0.2) is 6.61 Å². The second kappa shape index (κ2) is 9.70. The number of ether oxygens (including phenoxy) is 2. The monoisotopic (exact) mass is 433 g/mol. The van der Waals surface area contributed by atoms with Crippen molar-refractivity contribution in [2.75, 3.05) is 43.5 Å². The predicted octanol–water partition coefficient (Wildman–Crippen LogP) is 1.68. The fraction of sp³-hybridized carbons (Fsp3) is 0.300. The molecule has 160 valence electrons. The molecule has 2 N–H and O–H groups in total. The largest absolute Gasteiger partial charge is 0.484 e. The molecule has 1 fully saturated rings. The van der Waals surface area contributed by atoms with Gasteiger partial charge in [-0.2, -0.15) is 4.31 Å². The Labute approximate surface area is 175 Å². The number of amides is 2. The standard InChI is InChI=1S/C20H23N3O6S/c1-15(24)21-16-3-2-4-17(13-16)22-20(25)14-29-18-5-7-19(8-6-18)30(26,27)23-9-11-28-12-10-23/h2-8,13H,9-12,14H2,1H3,(H,21,24)(H,22,25). The number of anilines is 2. The maximum Gasteiger partial charge on any atom is 0.262 e. The van der Waals surface area contributed by atoms with Gasteiger partial charge in [0.25, 0.3) is 5.91 Å². The first-order valence-corrected chi connectivity index (χ1v) is 10.8. The smallest absolute Gasteiger partial charge is 0.262 e. The van der Waals surface area contributed by atoms with Crippen molar-refractivity contribution in [3.63, 3.8) is 0 Å². The number of hydrogen-bond acceptors (Lipinski definition) is 6. The number of nitrogens with one attached hydrogen (secondary N) is 2.